The van der Waals surface area contributed by atoms with Crippen LogP contribution in [0.25, 0.3) is 0 Å². The van der Waals surface area contributed by atoms with Crippen molar-refractivity contribution in [1.82, 2.24) is 5.48 Å². The van der Waals surface area contributed by atoms with E-state index in [1.165, 1.54) is 0 Å². The Morgan fingerprint density at radius 2 is 2.19 bits per heavy atom. The Balaban J connectivity index is 2.56. The number of aryl methyl sites for hydroxylation is 1. The minimum absolute atomic E-state index is 0.0208. The molecule has 0 radical (unpaired) electrons. The van der Waals surface area contributed by atoms with E-state index < -0.39 is 5.97 Å². The van der Waals surface area contributed by atoms with Gasteiger partial charge in [0, 0.05) is 5.56 Å². The van der Waals surface area contributed by atoms with Crippen LogP contribution in [-0.2, 0) is 11.4 Å². The van der Waals surface area contributed by atoms with E-state index in [1.54, 1.807) is 13.0 Å². The number of carboxylic acids is 1. The standard InChI is InChI=1S/C11H17NO4/c1-7-5-8(15-9(7)10(13)14)6-12-16-11(2,3)4/h5,12H,6H2,1-4H3,(H,13,14). The van der Waals surface area contributed by atoms with Crippen LogP contribution in [0.2, 0.25) is 0 Å². The highest BCUT2D eigenvalue weighted by atomic mass is 16.7. The van der Waals surface area contributed by atoms with Crippen molar-refractivity contribution < 1.29 is 19.2 Å². The predicted molar refractivity (Wildman–Crippen MR) is 58.1 cm³/mol. The number of carboxylic acid groups (broad SMARTS) is 1. The molecule has 1 rings (SSSR count). The molecule has 90 valence electrons. The summed E-state index contributed by atoms with van der Waals surface area (Å²) in [5, 5.41) is 8.79. The second-order valence-corrected chi connectivity index (χ2v) is 4.57. The van der Waals surface area contributed by atoms with Gasteiger partial charge in [-0.05, 0) is 33.8 Å². The van der Waals surface area contributed by atoms with Gasteiger partial charge in [-0.2, -0.15) is 5.48 Å². The first-order chi connectivity index (χ1) is 7.29. The van der Waals surface area contributed by atoms with Gasteiger partial charge in [0.2, 0.25) is 5.76 Å². The molecule has 0 saturated carbocycles. The molecule has 0 spiro atoms. The molecule has 0 fully saturated rings. The molecule has 5 nitrogen and oxygen atoms in total. The zero-order valence-electron chi connectivity index (χ0n) is 9.96. The Labute approximate surface area is 94.4 Å². The minimum atomic E-state index is -1.06. The third-order valence-electron chi connectivity index (χ3n) is 1.79. The summed E-state index contributed by atoms with van der Waals surface area (Å²) in [6.07, 6.45) is 0. The Kier molecular flexibility index (Phi) is 3.72. The molecule has 0 aliphatic rings. The van der Waals surface area contributed by atoms with Crippen LogP contribution in [0, 0.1) is 6.92 Å². The lowest BCUT2D eigenvalue weighted by molar-refractivity contribution is -0.0776. The van der Waals surface area contributed by atoms with Crippen LogP contribution in [-0.4, -0.2) is 16.7 Å². The number of hydrogen-bond acceptors (Lipinski definition) is 4. The molecule has 0 bridgehead atoms. The molecule has 16 heavy (non-hydrogen) atoms. The summed E-state index contributed by atoms with van der Waals surface area (Å²) >= 11 is 0. The Morgan fingerprint density at radius 1 is 1.56 bits per heavy atom. The van der Waals surface area contributed by atoms with Crippen molar-refractivity contribution in [3.8, 4) is 0 Å². The third-order valence-corrected chi connectivity index (χ3v) is 1.79. The summed E-state index contributed by atoms with van der Waals surface area (Å²) in [5.74, 6) is -0.535. The number of hydroxylamine groups is 1. The molecule has 0 atom stereocenters. The molecule has 1 aromatic heterocycles. The zero-order valence-corrected chi connectivity index (χ0v) is 9.96. The zero-order chi connectivity index (χ0) is 12.3. The van der Waals surface area contributed by atoms with Gasteiger partial charge in [0.15, 0.2) is 0 Å². The number of carbonyl (C=O) groups is 1. The van der Waals surface area contributed by atoms with Crippen LogP contribution < -0.4 is 5.48 Å². The van der Waals surface area contributed by atoms with Gasteiger partial charge in [0.1, 0.15) is 5.76 Å². The average Bonchev–Trinajstić information content (AvgIpc) is 2.44. The summed E-state index contributed by atoms with van der Waals surface area (Å²) in [6, 6.07) is 1.68. The largest absolute Gasteiger partial charge is 0.475 e. The molecule has 0 aromatic carbocycles. The van der Waals surface area contributed by atoms with E-state index >= 15 is 0 Å². The van der Waals surface area contributed by atoms with Crippen LogP contribution in [0.15, 0.2) is 10.5 Å². The molecule has 0 aliphatic carbocycles. The van der Waals surface area contributed by atoms with Crippen molar-refractivity contribution in [3.63, 3.8) is 0 Å². The summed E-state index contributed by atoms with van der Waals surface area (Å²) in [7, 11) is 0. The third kappa shape index (κ3) is 3.67. The molecule has 0 saturated heterocycles. The Morgan fingerprint density at radius 3 is 2.62 bits per heavy atom. The normalized spacial score (nSPS) is 11.8. The van der Waals surface area contributed by atoms with Crippen LogP contribution in [0.5, 0.6) is 0 Å². The summed E-state index contributed by atoms with van der Waals surface area (Å²) < 4.78 is 5.15. The number of rotatable bonds is 4. The summed E-state index contributed by atoms with van der Waals surface area (Å²) in [4.78, 5) is 16.0. The van der Waals surface area contributed by atoms with Crippen LogP contribution >= 0.6 is 0 Å². The number of furan rings is 1. The van der Waals surface area contributed by atoms with E-state index in [9.17, 15) is 4.79 Å². The van der Waals surface area contributed by atoms with Gasteiger partial charge in [-0.15, -0.1) is 0 Å². The second-order valence-electron chi connectivity index (χ2n) is 4.57. The first-order valence-electron chi connectivity index (χ1n) is 5.03. The van der Waals surface area contributed by atoms with Gasteiger partial charge in [-0.3, -0.25) is 4.84 Å². The molecular formula is C11H17NO4. The van der Waals surface area contributed by atoms with E-state index in [0.29, 0.717) is 17.9 Å². The molecular weight excluding hydrogens is 210 g/mol. The maximum atomic E-state index is 10.7. The van der Waals surface area contributed by atoms with Crippen molar-refractivity contribution in [2.75, 3.05) is 0 Å². The first kappa shape index (κ1) is 12.7. The Bertz CT molecular complexity index is 376. The fourth-order valence-corrected chi connectivity index (χ4v) is 1.17. The molecule has 2 N–H and O–H groups in total. The van der Waals surface area contributed by atoms with Gasteiger partial charge in [0.05, 0.1) is 12.1 Å². The van der Waals surface area contributed by atoms with E-state index in [-0.39, 0.29) is 11.4 Å². The Hall–Kier alpha value is -1.33. The van der Waals surface area contributed by atoms with Crippen molar-refractivity contribution in [2.45, 2.75) is 39.8 Å². The average molecular weight is 227 g/mol. The lowest BCUT2D eigenvalue weighted by atomic mass is 10.2. The maximum absolute atomic E-state index is 10.7. The van der Waals surface area contributed by atoms with E-state index in [2.05, 4.69) is 5.48 Å². The summed E-state index contributed by atoms with van der Waals surface area (Å²) in [5.41, 5.74) is 3.05. The molecule has 1 aromatic rings. The van der Waals surface area contributed by atoms with Gasteiger partial charge in [0.25, 0.3) is 0 Å². The lowest BCUT2D eigenvalue weighted by Gasteiger charge is -2.18. The smallest absolute Gasteiger partial charge is 0.372 e. The van der Waals surface area contributed by atoms with Crippen LogP contribution in [0.1, 0.15) is 42.6 Å². The van der Waals surface area contributed by atoms with Crippen molar-refractivity contribution in [1.29, 1.82) is 0 Å². The molecule has 0 unspecified atom stereocenters. The fourth-order valence-electron chi connectivity index (χ4n) is 1.17. The van der Waals surface area contributed by atoms with Crippen molar-refractivity contribution in [3.05, 3.63) is 23.2 Å². The first-order valence-corrected chi connectivity index (χ1v) is 5.03. The highest BCUT2D eigenvalue weighted by Crippen LogP contribution is 2.14. The summed E-state index contributed by atoms with van der Waals surface area (Å²) in [6.45, 7) is 7.77. The number of hydrogen-bond donors (Lipinski definition) is 2. The van der Waals surface area contributed by atoms with Gasteiger partial charge in [-0.25, -0.2) is 4.79 Å². The van der Waals surface area contributed by atoms with E-state index in [4.69, 9.17) is 14.4 Å². The number of nitrogens with one attached hydrogen (secondary N) is 1. The highest BCUT2D eigenvalue weighted by molar-refractivity contribution is 5.86. The quantitative estimate of drug-likeness (QED) is 0.771. The molecule has 0 aliphatic heterocycles. The van der Waals surface area contributed by atoms with Gasteiger partial charge in [-0.1, -0.05) is 0 Å². The number of aromatic carboxylic acids is 1. The topological polar surface area (TPSA) is 71.7 Å². The fraction of sp³-hybridized carbons (Fsp3) is 0.545. The predicted octanol–water partition coefficient (Wildman–Crippen LogP) is 2.11. The van der Waals surface area contributed by atoms with Gasteiger partial charge < -0.3 is 9.52 Å². The van der Waals surface area contributed by atoms with Crippen molar-refractivity contribution in [2.24, 2.45) is 0 Å². The van der Waals surface area contributed by atoms with Crippen molar-refractivity contribution >= 4 is 5.97 Å². The van der Waals surface area contributed by atoms with Crippen LogP contribution in [0.3, 0.4) is 0 Å². The van der Waals surface area contributed by atoms with E-state index in [1.807, 2.05) is 20.8 Å². The molecule has 1 heterocycles. The molecule has 0 amide bonds. The molecule has 5 heteroatoms. The van der Waals surface area contributed by atoms with E-state index in [0.717, 1.165) is 0 Å². The maximum Gasteiger partial charge on any atom is 0.372 e. The SMILES string of the molecule is Cc1cc(CNOC(C)(C)C)oc1C(=O)O. The highest BCUT2D eigenvalue weighted by Gasteiger charge is 2.15. The van der Waals surface area contributed by atoms with Gasteiger partial charge >= 0.3 is 5.97 Å². The monoisotopic (exact) mass is 227 g/mol. The second kappa shape index (κ2) is 4.67. The minimum Gasteiger partial charge on any atom is -0.475 e. The lowest BCUT2D eigenvalue weighted by Crippen LogP contribution is -2.28. The van der Waals surface area contributed by atoms with Crippen LogP contribution in [0.4, 0.5) is 0 Å².